The second kappa shape index (κ2) is 8.18. The molecule has 0 aliphatic heterocycles. The number of anilines is 2. The Morgan fingerprint density at radius 2 is 1.79 bits per heavy atom. The third kappa shape index (κ3) is 3.99. The van der Waals surface area contributed by atoms with Crippen molar-refractivity contribution in [2.45, 2.75) is 27.3 Å². The van der Waals surface area contributed by atoms with Crippen molar-refractivity contribution in [1.29, 1.82) is 0 Å². The molecule has 0 aliphatic rings. The highest BCUT2D eigenvalue weighted by atomic mass is 16.2. The van der Waals surface area contributed by atoms with Crippen molar-refractivity contribution < 1.29 is 4.79 Å². The largest absolute Gasteiger partial charge is 0.383 e. The molecule has 0 fully saturated rings. The Kier molecular flexibility index (Phi) is 5.68. The lowest BCUT2D eigenvalue weighted by molar-refractivity contribution is 0.0987. The zero-order chi connectivity index (χ0) is 21.1. The van der Waals surface area contributed by atoms with E-state index in [0.717, 1.165) is 16.7 Å². The molecule has 150 valence electrons. The Balaban J connectivity index is 2.10. The average Bonchev–Trinajstić information content (AvgIpc) is 2.68. The summed E-state index contributed by atoms with van der Waals surface area (Å²) in [7, 11) is 0. The van der Waals surface area contributed by atoms with Gasteiger partial charge in [0, 0.05) is 12.1 Å². The van der Waals surface area contributed by atoms with E-state index < -0.39 is 11.2 Å². The molecule has 1 heterocycles. The van der Waals surface area contributed by atoms with Crippen LogP contribution in [0.2, 0.25) is 0 Å². The van der Waals surface area contributed by atoms with Crippen molar-refractivity contribution >= 4 is 17.4 Å². The first-order valence-electron chi connectivity index (χ1n) is 9.39. The van der Waals surface area contributed by atoms with Crippen LogP contribution in [0.5, 0.6) is 0 Å². The van der Waals surface area contributed by atoms with E-state index in [-0.39, 0.29) is 30.5 Å². The fraction of sp³-hybridized carbons (Fsp3) is 0.227. The van der Waals surface area contributed by atoms with Crippen LogP contribution in [0.1, 0.15) is 34.0 Å². The summed E-state index contributed by atoms with van der Waals surface area (Å²) in [6, 6.07) is 14.8. The number of hydrogen-bond donors (Lipinski definition) is 2. The first-order chi connectivity index (χ1) is 13.8. The van der Waals surface area contributed by atoms with Crippen LogP contribution in [-0.2, 0) is 6.54 Å². The molecule has 3 aromatic rings. The number of nitrogens with one attached hydrogen (secondary N) is 1. The summed E-state index contributed by atoms with van der Waals surface area (Å²) in [6.07, 6.45) is 0. The molecule has 0 aliphatic carbocycles. The number of amides is 1. The number of rotatable bonds is 5. The first kappa shape index (κ1) is 20.1. The Morgan fingerprint density at radius 1 is 1.10 bits per heavy atom. The van der Waals surface area contributed by atoms with E-state index >= 15 is 0 Å². The highest BCUT2D eigenvalue weighted by Crippen LogP contribution is 2.21. The fourth-order valence-electron chi connectivity index (χ4n) is 3.36. The summed E-state index contributed by atoms with van der Waals surface area (Å²) in [5, 5.41) is 0. The fourth-order valence-corrected chi connectivity index (χ4v) is 3.36. The molecular formula is C22H24N4O3. The average molecular weight is 392 g/mol. The summed E-state index contributed by atoms with van der Waals surface area (Å²) < 4.78 is 1.27. The molecule has 1 amide bonds. The van der Waals surface area contributed by atoms with Gasteiger partial charge in [-0.2, -0.15) is 0 Å². The number of nitrogens with zero attached hydrogens (tertiary/aromatic N) is 2. The molecule has 0 bridgehead atoms. The molecule has 7 heteroatoms. The van der Waals surface area contributed by atoms with Gasteiger partial charge >= 0.3 is 5.69 Å². The lowest BCUT2D eigenvalue weighted by atomic mass is 10.0. The van der Waals surface area contributed by atoms with Gasteiger partial charge in [-0.3, -0.25) is 19.1 Å². The molecule has 0 saturated carbocycles. The topological polar surface area (TPSA) is 101 Å². The van der Waals surface area contributed by atoms with Gasteiger partial charge in [-0.25, -0.2) is 4.79 Å². The number of nitrogens with two attached hydrogens (primary N) is 1. The van der Waals surface area contributed by atoms with Crippen molar-refractivity contribution in [3.05, 3.63) is 91.6 Å². The molecule has 2 aromatic carbocycles. The first-order valence-corrected chi connectivity index (χ1v) is 9.39. The van der Waals surface area contributed by atoms with E-state index in [1.165, 1.54) is 9.47 Å². The van der Waals surface area contributed by atoms with E-state index in [1.54, 1.807) is 13.0 Å². The van der Waals surface area contributed by atoms with E-state index in [4.69, 9.17) is 5.73 Å². The lowest BCUT2D eigenvalue weighted by Gasteiger charge is -2.24. The molecule has 3 N–H and O–H groups in total. The Labute approximate surface area is 168 Å². The van der Waals surface area contributed by atoms with Gasteiger partial charge in [0.1, 0.15) is 5.82 Å². The monoisotopic (exact) mass is 392 g/mol. The van der Waals surface area contributed by atoms with Crippen molar-refractivity contribution in [2.75, 3.05) is 17.2 Å². The number of aromatic amines is 1. The number of aromatic nitrogens is 2. The standard InChI is InChI=1S/C22H24N4O3/c1-4-25(21(28)17-11-10-14(2)12-15(17)3)18-19(23)26(22(29)24-20(18)27)13-16-8-6-5-7-9-16/h5-12H,4,13,23H2,1-3H3,(H,24,27,29). The van der Waals surface area contributed by atoms with E-state index in [1.807, 2.05) is 56.3 Å². The van der Waals surface area contributed by atoms with Gasteiger partial charge in [-0.05, 0) is 38.0 Å². The van der Waals surface area contributed by atoms with E-state index in [2.05, 4.69) is 4.98 Å². The highest BCUT2D eigenvalue weighted by Gasteiger charge is 2.25. The second-order valence-corrected chi connectivity index (χ2v) is 6.93. The summed E-state index contributed by atoms with van der Waals surface area (Å²) in [5.74, 6) is -0.380. The van der Waals surface area contributed by atoms with Gasteiger partial charge in [0.25, 0.3) is 11.5 Å². The van der Waals surface area contributed by atoms with E-state index in [0.29, 0.717) is 5.56 Å². The molecule has 1 aromatic heterocycles. The highest BCUT2D eigenvalue weighted by molar-refractivity contribution is 6.08. The molecule has 0 spiro atoms. The number of benzene rings is 2. The van der Waals surface area contributed by atoms with Crippen LogP contribution in [-0.4, -0.2) is 22.0 Å². The zero-order valence-electron chi connectivity index (χ0n) is 16.7. The molecular weight excluding hydrogens is 368 g/mol. The quantitative estimate of drug-likeness (QED) is 0.696. The Hall–Kier alpha value is -3.61. The lowest BCUT2D eigenvalue weighted by Crippen LogP contribution is -2.41. The zero-order valence-corrected chi connectivity index (χ0v) is 16.7. The normalized spacial score (nSPS) is 10.7. The number of hydrogen-bond acceptors (Lipinski definition) is 4. The molecule has 7 nitrogen and oxygen atoms in total. The Morgan fingerprint density at radius 3 is 2.41 bits per heavy atom. The molecule has 0 unspecified atom stereocenters. The van der Waals surface area contributed by atoms with Crippen LogP contribution >= 0.6 is 0 Å². The van der Waals surface area contributed by atoms with Crippen LogP contribution in [0.25, 0.3) is 0 Å². The Bertz CT molecular complexity index is 1160. The minimum absolute atomic E-state index is 0.0204. The van der Waals surface area contributed by atoms with Gasteiger partial charge in [0.05, 0.1) is 6.54 Å². The number of carbonyl (C=O) groups excluding carboxylic acids is 1. The molecule has 0 radical (unpaired) electrons. The number of carbonyl (C=O) groups is 1. The minimum atomic E-state index is -0.684. The molecule has 3 rings (SSSR count). The summed E-state index contributed by atoms with van der Waals surface area (Å²) in [6.45, 7) is 5.96. The van der Waals surface area contributed by atoms with Gasteiger partial charge in [-0.1, -0.05) is 48.0 Å². The SMILES string of the molecule is CCN(C(=O)c1ccc(C)cc1C)c1c(N)n(Cc2ccccc2)c(=O)[nH]c1=O. The summed E-state index contributed by atoms with van der Waals surface area (Å²) >= 11 is 0. The van der Waals surface area contributed by atoms with Crippen LogP contribution in [0.15, 0.2) is 58.1 Å². The molecule has 29 heavy (non-hydrogen) atoms. The van der Waals surface area contributed by atoms with Crippen molar-refractivity contribution in [2.24, 2.45) is 0 Å². The van der Waals surface area contributed by atoms with E-state index in [9.17, 15) is 14.4 Å². The van der Waals surface area contributed by atoms with Crippen molar-refractivity contribution in [1.82, 2.24) is 9.55 Å². The predicted molar refractivity (Wildman–Crippen MR) is 115 cm³/mol. The predicted octanol–water partition coefficient (Wildman–Crippen LogP) is 2.45. The molecule has 0 atom stereocenters. The van der Waals surface area contributed by atoms with Gasteiger partial charge < -0.3 is 10.6 Å². The van der Waals surface area contributed by atoms with Crippen LogP contribution in [0.3, 0.4) is 0 Å². The van der Waals surface area contributed by atoms with Crippen molar-refractivity contribution in [3.8, 4) is 0 Å². The van der Waals surface area contributed by atoms with Gasteiger partial charge in [0.15, 0.2) is 5.69 Å². The van der Waals surface area contributed by atoms with Gasteiger partial charge in [-0.15, -0.1) is 0 Å². The third-order valence-corrected chi connectivity index (χ3v) is 4.84. The van der Waals surface area contributed by atoms with Crippen LogP contribution < -0.4 is 21.9 Å². The maximum Gasteiger partial charge on any atom is 0.330 e. The second-order valence-electron chi connectivity index (χ2n) is 6.93. The molecule has 0 saturated heterocycles. The summed E-state index contributed by atoms with van der Waals surface area (Å²) in [4.78, 5) is 41.8. The van der Waals surface area contributed by atoms with Crippen LogP contribution in [0.4, 0.5) is 11.5 Å². The van der Waals surface area contributed by atoms with Crippen LogP contribution in [0, 0.1) is 13.8 Å². The smallest absolute Gasteiger partial charge is 0.330 e. The van der Waals surface area contributed by atoms with Gasteiger partial charge in [0.2, 0.25) is 0 Å². The summed E-state index contributed by atoms with van der Waals surface area (Å²) in [5.41, 5.74) is 8.09. The maximum absolute atomic E-state index is 13.2. The van der Waals surface area contributed by atoms with Crippen molar-refractivity contribution in [3.63, 3.8) is 0 Å². The maximum atomic E-state index is 13.2. The third-order valence-electron chi connectivity index (χ3n) is 4.84. The number of H-pyrrole nitrogens is 1. The number of aryl methyl sites for hydroxylation is 2. The minimum Gasteiger partial charge on any atom is -0.383 e. The number of nitrogen functional groups attached to an aromatic ring is 1.